The Balaban J connectivity index is 1.51. The first-order valence-electron chi connectivity index (χ1n) is 9.66. The second-order valence-electron chi connectivity index (χ2n) is 7.75. The van der Waals surface area contributed by atoms with Crippen molar-refractivity contribution < 1.29 is 14.4 Å². The van der Waals surface area contributed by atoms with E-state index in [1.807, 2.05) is 13.8 Å². The molecule has 3 heterocycles. The lowest BCUT2D eigenvalue weighted by Gasteiger charge is -2.34. The van der Waals surface area contributed by atoms with Gasteiger partial charge >= 0.3 is 6.09 Å². The van der Waals surface area contributed by atoms with Crippen molar-refractivity contribution in [1.82, 2.24) is 15.3 Å². The van der Waals surface area contributed by atoms with Crippen molar-refractivity contribution in [2.75, 3.05) is 19.6 Å². The summed E-state index contributed by atoms with van der Waals surface area (Å²) in [5.74, 6) is 0. The summed E-state index contributed by atoms with van der Waals surface area (Å²) in [5, 5.41) is 5.50. The van der Waals surface area contributed by atoms with Gasteiger partial charge in [-0.25, -0.2) is 4.79 Å². The molecule has 6 nitrogen and oxygen atoms in total. The van der Waals surface area contributed by atoms with E-state index < -0.39 is 0 Å². The van der Waals surface area contributed by atoms with Crippen LogP contribution in [0.15, 0.2) is 6.07 Å². The van der Waals surface area contributed by atoms with Gasteiger partial charge in [0.05, 0.1) is 6.54 Å². The number of nitrogens with zero attached hydrogens (tertiary/aromatic N) is 2. The van der Waals surface area contributed by atoms with Gasteiger partial charge in [-0.15, -0.1) is 16.4 Å². The number of amides is 1. The minimum atomic E-state index is -0.381. The molecule has 2 aliphatic rings. The van der Waals surface area contributed by atoms with Gasteiger partial charge in [0.1, 0.15) is 6.10 Å². The van der Waals surface area contributed by atoms with Gasteiger partial charge in [0.2, 0.25) is 0 Å². The molecule has 0 radical (unpaired) electrons. The van der Waals surface area contributed by atoms with E-state index in [1.54, 1.807) is 16.4 Å². The van der Waals surface area contributed by atoms with Crippen molar-refractivity contribution in [2.24, 2.45) is 0 Å². The molecule has 146 valence electrons. The van der Waals surface area contributed by atoms with Crippen molar-refractivity contribution in [1.29, 1.82) is 0 Å². The molecule has 3 rings (SSSR count). The maximum atomic E-state index is 11.8. The van der Waals surface area contributed by atoms with Crippen molar-refractivity contribution in [3.05, 3.63) is 16.5 Å². The molecule has 0 spiro atoms. The molecule has 1 N–H and O–H groups in total. The molecular weight excluding hydrogens is 350 g/mol. The lowest BCUT2D eigenvalue weighted by molar-refractivity contribution is -0.110. The van der Waals surface area contributed by atoms with Gasteiger partial charge in [-0.2, -0.15) is 0 Å². The summed E-state index contributed by atoms with van der Waals surface area (Å²) in [7, 11) is 0. The quantitative estimate of drug-likeness (QED) is 0.847. The molecule has 0 aromatic carbocycles. The molecule has 1 fully saturated rings. The van der Waals surface area contributed by atoms with E-state index in [2.05, 4.69) is 30.1 Å². The number of hydrogen-bond donors (Lipinski definition) is 1. The Hall–Kier alpha value is -1.31. The second-order valence-corrected chi connectivity index (χ2v) is 8.85. The number of carbonyl (C=O) groups excluding carboxylic acids is 1. The van der Waals surface area contributed by atoms with Crippen LogP contribution in [0.25, 0.3) is 0 Å². The van der Waals surface area contributed by atoms with Crippen LogP contribution in [0.3, 0.4) is 0 Å². The van der Waals surface area contributed by atoms with Crippen molar-refractivity contribution in [3.8, 4) is 5.06 Å². The standard InChI is InChI=1S/C19H31N3O3S/c1-13(2)20-19(23)25-22-10-5-15-11-18(26-17(15)12-22)24-16-6-8-21(9-7-16)14(3)4/h11,13-14,16H,5-10,12H2,1-4H3,(H,20,23). The predicted molar refractivity (Wildman–Crippen MR) is 104 cm³/mol. The lowest BCUT2D eigenvalue weighted by Crippen LogP contribution is -2.41. The highest BCUT2D eigenvalue weighted by atomic mass is 32.1. The number of nitrogens with one attached hydrogen (secondary N) is 1. The van der Waals surface area contributed by atoms with Crippen LogP contribution in [-0.2, 0) is 17.8 Å². The van der Waals surface area contributed by atoms with E-state index in [0.717, 1.165) is 44.0 Å². The third-order valence-electron chi connectivity index (χ3n) is 4.93. The molecule has 0 bridgehead atoms. The molecule has 26 heavy (non-hydrogen) atoms. The normalized spacial score (nSPS) is 19.6. The molecule has 1 amide bonds. The summed E-state index contributed by atoms with van der Waals surface area (Å²) < 4.78 is 6.26. The third-order valence-corrected chi connectivity index (χ3v) is 5.99. The van der Waals surface area contributed by atoms with E-state index in [-0.39, 0.29) is 12.1 Å². The Morgan fingerprint density at radius 3 is 2.62 bits per heavy atom. The monoisotopic (exact) mass is 381 g/mol. The molecule has 1 saturated heterocycles. The van der Waals surface area contributed by atoms with Crippen molar-refractivity contribution >= 4 is 17.4 Å². The van der Waals surface area contributed by atoms with Gasteiger partial charge in [-0.05, 0) is 58.6 Å². The Labute approximate surface area is 160 Å². The van der Waals surface area contributed by atoms with Gasteiger partial charge in [0, 0.05) is 36.6 Å². The van der Waals surface area contributed by atoms with Crippen LogP contribution in [0, 0.1) is 0 Å². The van der Waals surface area contributed by atoms with Crippen LogP contribution in [0.1, 0.15) is 51.0 Å². The van der Waals surface area contributed by atoms with Crippen LogP contribution in [0.2, 0.25) is 0 Å². The highest BCUT2D eigenvalue weighted by Crippen LogP contribution is 2.35. The maximum absolute atomic E-state index is 11.8. The molecular formula is C19H31N3O3S. The van der Waals surface area contributed by atoms with Crippen molar-refractivity contribution in [3.63, 3.8) is 0 Å². The molecule has 0 atom stereocenters. The average Bonchev–Trinajstić information content (AvgIpc) is 2.96. The zero-order valence-corrected chi connectivity index (χ0v) is 17.1. The summed E-state index contributed by atoms with van der Waals surface area (Å²) in [6.45, 7) is 11.9. The van der Waals surface area contributed by atoms with E-state index in [4.69, 9.17) is 9.57 Å². The fourth-order valence-electron chi connectivity index (χ4n) is 3.46. The number of hydroxylamine groups is 2. The SMILES string of the molecule is CC(C)NC(=O)ON1CCc2cc(OC3CCN(C(C)C)CC3)sc2C1. The first-order chi connectivity index (χ1) is 12.4. The number of fused-ring (bicyclic) bond motifs is 1. The molecule has 2 aliphatic heterocycles. The van der Waals surface area contributed by atoms with E-state index in [1.165, 1.54) is 10.4 Å². The summed E-state index contributed by atoms with van der Waals surface area (Å²) in [5.41, 5.74) is 1.33. The van der Waals surface area contributed by atoms with Gasteiger partial charge in [-0.1, -0.05) is 0 Å². The van der Waals surface area contributed by atoms with Crippen molar-refractivity contribution in [2.45, 2.75) is 71.7 Å². The number of hydrogen-bond acceptors (Lipinski definition) is 6. The molecule has 0 unspecified atom stereocenters. The van der Waals surface area contributed by atoms with E-state index in [0.29, 0.717) is 18.7 Å². The second kappa shape index (κ2) is 8.59. The van der Waals surface area contributed by atoms with Crippen LogP contribution in [0.4, 0.5) is 4.79 Å². The van der Waals surface area contributed by atoms with Gasteiger partial charge in [0.15, 0.2) is 5.06 Å². The Bertz CT molecular complexity index is 609. The van der Waals surface area contributed by atoms with E-state index in [9.17, 15) is 4.79 Å². The maximum Gasteiger partial charge on any atom is 0.426 e. The summed E-state index contributed by atoms with van der Waals surface area (Å²) in [6, 6.07) is 2.87. The topological polar surface area (TPSA) is 54.0 Å². The van der Waals surface area contributed by atoms with Gasteiger partial charge in [-0.3, -0.25) is 0 Å². The molecule has 0 aliphatic carbocycles. The van der Waals surface area contributed by atoms with E-state index >= 15 is 0 Å². The predicted octanol–water partition coefficient (Wildman–Crippen LogP) is 3.41. The highest BCUT2D eigenvalue weighted by Gasteiger charge is 2.26. The summed E-state index contributed by atoms with van der Waals surface area (Å²) in [6.07, 6.45) is 3.00. The molecule has 1 aromatic rings. The molecule has 0 saturated carbocycles. The molecule has 1 aromatic heterocycles. The first-order valence-corrected chi connectivity index (χ1v) is 10.5. The fourth-order valence-corrected chi connectivity index (χ4v) is 4.59. The number of likely N-dealkylation sites (tertiary alicyclic amines) is 1. The zero-order chi connectivity index (χ0) is 18.7. The fraction of sp³-hybridized carbons (Fsp3) is 0.737. The Morgan fingerprint density at radius 2 is 1.96 bits per heavy atom. The van der Waals surface area contributed by atoms with Crippen LogP contribution in [-0.4, -0.2) is 53.9 Å². The minimum Gasteiger partial charge on any atom is -0.481 e. The highest BCUT2D eigenvalue weighted by molar-refractivity contribution is 7.14. The van der Waals surface area contributed by atoms with Gasteiger partial charge in [0.25, 0.3) is 0 Å². The summed E-state index contributed by atoms with van der Waals surface area (Å²) >= 11 is 1.69. The number of thiophene rings is 1. The minimum absolute atomic E-state index is 0.0757. The largest absolute Gasteiger partial charge is 0.481 e. The number of piperidine rings is 1. The smallest absolute Gasteiger partial charge is 0.426 e. The van der Waals surface area contributed by atoms with Crippen LogP contribution < -0.4 is 10.1 Å². The first kappa shape index (κ1) is 19.5. The summed E-state index contributed by atoms with van der Waals surface area (Å²) in [4.78, 5) is 20.9. The third kappa shape index (κ3) is 5.11. The lowest BCUT2D eigenvalue weighted by atomic mass is 10.1. The zero-order valence-electron chi connectivity index (χ0n) is 16.3. The van der Waals surface area contributed by atoms with Crippen LogP contribution >= 0.6 is 11.3 Å². The average molecular weight is 382 g/mol. The Morgan fingerprint density at radius 1 is 1.23 bits per heavy atom. The number of rotatable bonds is 5. The van der Waals surface area contributed by atoms with Crippen LogP contribution in [0.5, 0.6) is 5.06 Å². The number of carbonyl (C=O) groups is 1. The Kier molecular flexibility index (Phi) is 6.42. The van der Waals surface area contributed by atoms with Gasteiger partial charge < -0.3 is 19.8 Å². The number of ether oxygens (including phenoxy) is 1. The molecule has 7 heteroatoms.